The van der Waals surface area contributed by atoms with Gasteiger partial charge in [0.1, 0.15) is 16.9 Å². The third-order valence-corrected chi connectivity index (χ3v) is 3.30. The summed E-state index contributed by atoms with van der Waals surface area (Å²) in [5.41, 5.74) is 0.968. The van der Waals surface area contributed by atoms with Gasteiger partial charge in [-0.3, -0.25) is 4.79 Å². The average molecular weight is 284 g/mol. The zero-order valence-electron chi connectivity index (χ0n) is 11.5. The number of hydrogen-bond acceptors (Lipinski definition) is 5. The summed E-state index contributed by atoms with van der Waals surface area (Å²) in [6, 6.07) is 9.62. The number of carbonyl (C=O) groups excluding carboxylic acids is 1. The molecule has 21 heavy (non-hydrogen) atoms. The summed E-state index contributed by atoms with van der Waals surface area (Å²) < 4.78 is 15.5. The predicted molar refractivity (Wildman–Crippen MR) is 77.9 cm³/mol. The first kappa shape index (κ1) is 13.2. The monoisotopic (exact) mass is 284 g/mol. The lowest BCUT2D eigenvalue weighted by Gasteiger charge is -2.05. The Morgan fingerprint density at radius 1 is 1.00 bits per heavy atom. The third kappa shape index (κ3) is 2.12. The van der Waals surface area contributed by atoms with E-state index in [1.807, 2.05) is 0 Å². The second-order valence-corrected chi connectivity index (χ2v) is 4.50. The Hall–Kier alpha value is -2.82. The van der Waals surface area contributed by atoms with Crippen molar-refractivity contribution in [2.24, 2.45) is 0 Å². The lowest BCUT2D eigenvalue weighted by atomic mass is 10.1. The summed E-state index contributed by atoms with van der Waals surface area (Å²) in [7, 11) is 2.84. The van der Waals surface area contributed by atoms with E-state index >= 15 is 0 Å². The van der Waals surface area contributed by atoms with E-state index in [4.69, 9.17) is 9.15 Å². The largest absolute Gasteiger partial charge is 0.497 e. The van der Waals surface area contributed by atoms with Crippen LogP contribution in [0.2, 0.25) is 0 Å². The van der Waals surface area contributed by atoms with Crippen LogP contribution >= 0.6 is 0 Å². The smallest absolute Gasteiger partial charge is 0.337 e. The predicted octanol–water partition coefficient (Wildman–Crippen LogP) is 2.74. The molecular formula is C16H12O5. The number of rotatable bonds is 2. The maximum atomic E-state index is 12.5. The maximum absolute atomic E-state index is 12.5. The van der Waals surface area contributed by atoms with Crippen LogP contribution in [0.4, 0.5) is 0 Å². The van der Waals surface area contributed by atoms with Crippen LogP contribution in [-0.4, -0.2) is 20.2 Å². The zero-order chi connectivity index (χ0) is 15.0. The maximum Gasteiger partial charge on any atom is 0.337 e. The van der Waals surface area contributed by atoms with Gasteiger partial charge < -0.3 is 13.9 Å². The van der Waals surface area contributed by atoms with Gasteiger partial charge in [-0.15, -0.1) is 0 Å². The van der Waals surface area contributed by atoms with Gasteiger partial charge in [-0.2, -0.15) is 0 Å². The Balaban J connectivity index is 2.34. The van der Waals surface area contributed by atoms with E-state index in [9.17, 15) is 9.59 Å². The lowest BCUT2D eigenvalue weighted by molar-refractivity contribution is 0.0601. The van der Waals surface area contributed by atoms with Crippen molar-refractivity contribution in [2.75, 3.05) is 14.2 Å². The number of benzene rings is 2. The molecule has 0 unspecified atom stereocenters. The van der Waals surface area contributed by atoms with Crippen molar-refractivity contribution in [2.45, 2.75) is 0 Å². The number of esters is 1. The molecule has 0 atom stereocenters. The Kier molecular flexibility index (Phi) is 3.10. The highest BCUT2D eigenvalue weighted by Crippen LogP contribution is 2.23. The summed E-state index contributed by atoms with van der Waals surface area (Å²) in [4.78, 5) is 24.0. The minimum atomic E-state index is -0.494. The molecule has 0 bridgehead atoms. The van der Waals surface area contributed by atoms with Crippen molar-refractivity contribution < 1.29 is 18.7 Å². The number of ether oxygens (including phenoxy) is 2. The van der Waals surface area contributed by atoms with Crippen LogP contribution < -0.4 is 10.2 Å². The first-order valence-electron chi connectivity index (χ1n) is 6.27. The summed E-state index contributed by atoms with van der Waals surface area (Å²) in [5.74, 6) is 0.113. The molecule has 0 amide bonds. The highest BCUT2D eigenvalue weighted by atomic mass is 16.5. The molecule has 0 aliphatic rings. The van der Waals surface area contributed by atoms with Crippen LogP contribution in [0.3, 0.4) is 0 Å². The van der Waals surface area contributed by atoms with E-state index in [1.54, 1.807) is 37.4 Å². The topological polar surface area (TPSA) is 65.7 Å². The molecule has 0 spiro atoms. The molecule has 0 fully saturated rings. The molecule has 0 aliphatic carbocycles. The van der Waals surface area contributed by atoms with Crippen molar-refractivity contribution in [1.29, 1.82) is 0 Å². The van der Waals surface area contributed by atoms with Crippen LogP contribution in [0.15, 0.2) is 45.6 Å². The Labute approximate surface area is 119 Å². The van der Waals surface area contributed by atoms with Crippen LogP contribution in [0, 0.1) is 0 Å². The van der Waals surface area contributed by atoms with E-state index in [0.29, 0.717) is 33.3 Å². The molecule has 3 aromatic rings. The molecule has 0 saturated heterocycles. The molecule has 0 aliphatic heterocycles. The number of hydrogen-bond donors (Lipinski definition) is 0. The fraction of sp³-hybridized carbons (Fsp3) is 0.125. The van der Waals surface area contributed by atoms with Gasteiger partial charge in [-0.05, 0) is 30.3 Å². The Morgan fingerprint density at radius 2 is 1.81 bits per heavy atom. The van der Waals surface area contributed by atoms with Gasteiger partial charge in [0.15, 0.2) is 0 Å². The number of carbonyl (C=O) groups is 1. The third-order valence-electron chi connectivity index (χ3n) is 3.30. The standard InChI is InChI=1S/C16H12O5/c1-19-10-4-5-11-14(8-10)21-13-6-3-9(16(18)20-2)7-12(13)15(11)17/h3-8H,1-2H3. The molecule has 0 radical (unpaired) electrons. The summed E-state index contributed by atoms with van der Waals surface area (Å²) >= 11 is 0. The molecule has 2 aromatic carbocycles. The van der Waals surface area contributed by atoms with Gasteiger partial charge in [-0.1, -0.05) is 0 Å². The Morgan fingerprint density at radius 3 is 2.52 bits per heavy atom. The van der Waals surface area contributed by atoms with Crippen molar-refractivity contribution in [3.8, 4) is 5.75 Å². The molecule has 3 rings (SSSR count). The van der Waals surface area contributed by atoms with Crippen LogP contribution in [0.1, 0.15) is 10.4 Å². The van der Waals surface area contributed by atoms with E-state index in [2.05, 4.69) is 4.74 Å². The number of methoxy groups -OCH3 is 2. The van der Waals surface area contributed by atoms with Gasteiger partial charge in [-0.25, -0.2) is 4.79 Å². The quantitative estimate of drug-likeness (QED) is 0.534. The van der Waals surface area contributed by atoms with Gasteiger partial charge in [0.05, 0.1) is 30.6 Å². The molecular weight excluding hydrogens is 272 g/mol. The van der Waals surface area contributed by atoms with E-state index in [-0.39, 0.29) is 5.43 Å². The van der Waals surface area contributed by atoms with E-state index in [1.165, 1.54) is 13.2 Å². The van der Waals surface area contributed by atoms with Gasteiger partial charge in [0.25, 0.3) is 0 Å². The summed E-state index contributed by atoms with van der Waals surface area (Å²) in [6.07, 6.45) is 0. The van der Waals surface area contributed by atoms with Crippen molar-refractivity contribution in [1.82, 2.24) is 0 Å². The van der Waals surface area contributed by atoms with Crippen molar-refractivity contribution in [3.63, 3.8) is 0 Å². The van der Waals surface area contributed by atoms with E-state index in [0.717, 1.165) is 0 Å². The second kappa shape index (κ2) is 4.94. The first-order valence-corrected chi connectivity index (χ1v) is 6.27. The van der Waals surface area contributed by atoms with Gasteiger partial charge >= 0.3 is 5.97 Å². The zero-order valence-corrected chi connectivity index (χ0v) is 11.5. The average Bonchev–Trinajstić information content (AvgIpc) is 2.53. The molecule has 1 aromatic heterocycles. The van der Waals surface area contributed by atoms with Crippen LogP contribution in [0.25, 0.3) is 21.9 Å². The SMILES string of the molecule is COC(=O)c1ccc2oc3cc(OC)ccc3c(=O)c2c1. The van der Waals surface area contributed by atoms with Gasteiger partial charge in [0, 0.05) is 6.07 Å². The lowest BCUT2D eigenvalue weighted by Crippen LogP contribution is -2.06. The fourth-order valence-corrected chi connectivity index (χ4v) is 2.21. The molecule has 0 N–H and O–H groups in total. The second-order valence-electron chi connectivity index (χ2n) is 4.50. The molecule has 106 valence electrons. The Bertz CT molecular complexity index is 908. The highest BCUT2D eigenvalue weighted by molar-refractivity contribution is 5.96. The molecule has 5 nitrogen and oxygen atoms in total. The minimum absolute atomic E-state index is 0.195. The van der Waals surface area contributed by atoms with Crippen molar-refractivity contribution in [3.05, 3.63) is 52.2 Å². The molecule has 5 heteroatoms. The normalized spacial score (nSPS) is 10.8. The van der Waals surface area contributed by atoms with E-state index < -0.39 is 5.97 Å². The fourth-order valence-electron chi connectivity index (χ4n) is 2.21. The first-order chi connectivity index (χ1) is 10.1. The van der Waals surface area contributed by atoms with Crippen LogP contribution in [-0.2, 0) is 4.74 Å². The summed E-state index contributed by atoms with van der Waals surface area (Å²) in [6.45, 7) is 0. The number of fused-ring (bicyclic) bond motifs is 2. The van der Waals surface area contributed by atoms with Crippen molar-refractivity contribution >= 4 is 27.9 Å². The summed E-state index contributed by atoms with van der Waals surface area (Å²) in [5, 5.41) is 0.779. The van der Waals surface area contributed by atoms with Crippen LogP contribution in [0.5, 0.6) is 5.75 Å². The highest BCUT2D eigenvalue weighted by Gasteiger charge is 2.12. The molecule has 0 saturated carbocycles. The van der Waals surface area contributed by atoms with Gasteiger partial charge in [0.2, 0.25) is 5.43 Å². The minimum Gasteiger partial charge on any atom is -0.497 e. The molecule has 1 heterocycles.